The maximum atomic E-state index is 12.8. The van der Waals surface area contributed by atoms with Gasteiger partial charge in [0.25, 0.3) is 0 Å². The number of hydrogen-bond donors (Lipinski definition) is 1. The second-order valence-corrected chi connectivity index (χ2v) is 9.78. The number of carbonyl (C=O) groups is 4. The van der Waals surface area contributed by atoms with Gasteiger partial charge in [0.05, 0.1) is 19.3 Å². The highest BCUT2D eigenvalue weighted by Crippen LogP contribution is 2.19. The highest BCUT2D eigenvalue weighted by atomic mass is 16.5. The van der Waals surface area contributed by atoms with Crippen LogP contribution in [0.15, 0.2) is 30.3 Å². The van der Waals surface area contributed by atoms with E-state index >= 15 is 0 Å². The van der Waals surface area contributed by atoms with Gasteiger partial charge in [-0.2, -0.15) is 0 Å². The Hall–Kier alpha value is -2.54. The van der Waals surface area contributed by atoms with Crippen LogP contribution in [-0.2, 0) is 30.3 Å². The van der Waals surface area contributed by atoms with Gasteiger partial charge in [-0.3, -0.25) is 14.4 Å². The minimum absolute atomic E-state index is 0.0795. The number of unbranched alkanes of at least 4 members (excludes halogenated alkanes) is 3. The number of aldehydes is 1. The molecule has 0 saturated carbocycles. The Kier molecular flexibility index (Phi) is 13.3. The van der Waals surface area contributed by atoms with Gasteiger partial charge in [0.2, 0.25) is 11.8 Å². The van der Waals surface area contributed by atoms with Crippen molar-refractivity contribution >= 4 is 23.9 Å². The molecule has 0 aromatic heterocycles. The molecule has 194 valence electrons. The Balaban J connectivity index is 1.63. The minimum atomic E-state index is -0.572. The molecule has 2 atom stereocenters. The summed E-state index contributed by atoms with van der Waals surface area (Å²) in [7, 11) is 0. The van der Waals surface area contributed by atoms with Crippen LogP contribution < -0.4 is 5.32 Å². The van der Waals surface area contributed by atoms with E-state index in [2.05, 4.69) is 5.32 Å². The molecule has 1 saturated heterocycles. The Labute approximate surface area is 210 Å². The van der Waals surface area contributed by atoms with Crippen LogP contribution in [0.2, 0.25) is 0 Å². The van der Waals surface area contributed by atoms with Crippen molar-refractivity contribution in [2.75, 3.05) is 26.3 Å². The molecular formula is C28H42N2O5. The summed E-state index contributed by atoms with van der Waals surface area (Å²) in [5.74, 6) is -0.0167. The number of hydrogen-bond acceptors (Lipinski definition) is 5. The number of ketones is 1. The number of Topliss-reactive ketones (excluding diaryl/α,β-unsaturated/α-hetero) is 1. The molecule has 2 amide bonds. The van der Waals surface area contributed by atoms with E-state index in [-0.39, 0.29) is 29.4 Å². The van der Waals surface area contributed by atoms with E-state index < -0.39 is 6.04 Å². The van der Waals surface area contributed by atoms with E-state index in [9.17, 15) is 19.2 Å². The molecule has 1 unspecified atom stereocenters. The Morgan fingerprint density at radius 1 is 0.971 bits per heavy atom. The van der Waals surface area contributed by atoms with Gasteiger partial charge in [0, 0.05) is 38.3 Å². The van der Waals surface area contributed by atoms with Crippen LogP contribution in [0.3, 0.4) is 0 Å². The zero-order valence-electron chi connectivity index (χ0n) is 21.4. The highest BCUT2D eigenvalue weighted by Gasteiger charge is 2.25. The average Bonchev–Trinajstić information content (AvgIpc) is 2.86. The Morgan fingerprint density at radius 2 is 1.63 bits per heavy atom. The van der Waals surface area contributed by atoms with Crippen molar-refractivity contribution < 1.29 is 23.9 Å². The van der Waals surface area contributed by atoms with Crippen LogP contribution >= 0.6 is 0 Å². The number of benzene rings is 1. The molecule has 0 spiro atoms. The number of nitrogens with zero attached hydrogens (tertiary/aromatic N) is 1. The number of amides is 2. The summed E-state index contributed by atoms with van der Waals surface area (Å²) in [4.78, 5) is 50.8. The molecular weight excluding hydrogens is 444 g/mol. The lowest BCUT2D eigenvalue weighted by Gasteiger charge is -2.26. The predicted octanol–water partition coefficient (Wildman–Crippen LogP) is 3.73. The summed E-state index contributed by atoms with van der Waals surface area (Å²) in [5, 5.41) is 2.86. The number of carbonyl (C=O) groups excluding carboxylic acids is 4. The second kappa shape index (κ2) is 16.2. The maximum absolute atomic E-state index is 12.8. The van der Waals surface area contributed by atoms with Gasteiger partial charge in [0.15, 0.2) is 0 Å². The molecule has 1 N–H and O–H groups in total. The van der Waals surface area contributed by atoms with Crippen LogP contribution in [0.5, 0.6) is 0 Å². The van der Waals surface area contributed by atoms with Crippen molar-refractivity contribution in [1.29, 1.82) is 0 Å². The third-order valence-corrected chi connectivity index (χ3v) is 6.63. The van der Waals surface area contributed by atoms with Crippen molar-refractivity contribution in [1.82, 2.24) is 10.2 Å². The number of nitrogens with one attached hydrogen (secondary N) is 1. The number of morpholine rings is 1. The lowest BCUT2D eigenvalue weighted by Crippen LogP contribution is -2.42. The molecule has 2 rings (SSSR count). The zero-order chi connectivity index (χ0) is 25.5. The molecule has 1 aromatic rings. The third kappa shape index (κ3) is 11.2. The number of rotatable bonds is 16. The van der Waals surface area contributed by atoms with E-state index in [1.54, 1.807) is 0 Å². The first-order valence-electron chi connectivity index (χ1n) is 13.1. The van der Waals surface area contributed by atoms with Crippen LogP contribution in [0.1, 0.15) is 70.8 Å². The maximum Gasteiger partial charge on any atom is 0.223 e. The zero-order valence-corrected chi connectivity index (χ0v) is 21.4. The molecule has 1 heterocycles. The van der Waals surface area contributed by atoms with Gasteiger partial charge >= 0.3 is 0 Å². The van der Waals surface area contributed by atoms with Crippen molar-refractivity contribution in [3.63, 3.8) is 0 Å². The third-order valence-electron chi connectivity index (χ3n) is 6.63. The summed E-state index contributed by atoms with van der Waals surface area (Å²) in [5.41, 5.74) is 0.992. The summed E-state index contributed by atoms with van der Waals surface area (Å²) in [6.45, 7) is 6.56. The van der Waals surface area contributed by atoms with Crippen LogP contribution in [0.4, 0.5) is 0 Å². The largest absolute Gasteiger partial charge is 0.378 e. The van der Waals surface area contributed by atoms with Crippen LogP contribution in [0.25, 0.3) is 0 Å². The standard InChI is InChI=1S/C28H42N2O5/c1-22(2)26(28(34)29-24(21-31)20-23-10-6-5-7-11-23)15-14-25(32)12-8-3-4-9-13-27(33)30-16-18-35-19-17-30/h5-7,10-11,21-22,24,26H,3-4,8-9,12-20H2,1-2H3,(H,29,34)/t24?,26-/m0/s1. The molecule has 1 aliphatic rings. The first-order chi connectivity index (χ1) is 16.9. The van der Waals surface area contributed by atoms with Gasteiger partial charge in [-0.25, -0.2) is 0 Å². The summed E-state index contributed by atoms with van der Waals surface area (Å²) < 4.78 is 5.27. The Morgan fingerprint density at radius 3 is 2.26 bits per heavy atom. The molecule has 0 bridgehead atoms. The summed E-state index contributed by atoms with van der Waals surface area (Å²) in [6.07, 6.45) is 6.70. The van der Waals surface area contributed by atoms with Crippen LogP contribution in [0, 0.1) is 11.8 Å². The summed E-state index contributed by atoms with van der Waals surface area (Å²) >= 11 is 0. The summed E-state index contributed by atoms with van der Waals surface area (Å²) in [6, 6.07) is 9.03. The Bertz CT molecular complexity index is 790. The fraction of sp³-hybridized carbons (Fsp3) is 0.643. The fourth-order valence-electron chi connectivity index (χ4n) is 4.42. The quantitative estimate of drug-likeness (QED) is 0.284. The van der Waals surface area contributed by atoms with E-state index in [0.717, 1.165) is 37.5 Å². The van der Waals surface area contributed by atoms with Gasteiger partial charge in [0.1, 0.15) is 12.1 Å². The molecule has 1 fully saturated rings. The molecule has 0 aliphatic carbocycles. The van der Waals surface area contributed by atoms with Gasteiger partial charge in [-0.1, -0.05) is 57.0 Å². The molecule has 7 heteroatoms. The first kappa shape index (κ1) is 28.7. The SMILES string of the molecule is CC(C)[C@H](CCC(=O)CCCCCCC(=O)N1CCOCC1)C(=O)NC(C=O)Cc1ccccc1. The van der Waals surface area contributed by atoms with E-state index in [0.29, 0.717) is 58.4 Å². The molecule has 7 nitrogen and oxygen atoms in total. The van der Waals surface area contributed by atoms with Gasteiger partial charge in [-0.05, 0) is 37.2 Å². The minimum Gasteiger partial charge on any atom is -0.378 e. The second-order valence-electron chi connectivity index (χ2n) is 9.78. The molecule has 0 radical (unpaired) electrons. The first-order valence-corrected chi connectivity index (χ1v) is 13.1. The number of ether oxygens (including phenoxy) is 1. The molecule has 1 aromatic carbocycles. The molecule has 1 aliphatic heterocycles. The monoisotopic (exact) mass is 486 g/mol. The van der Waals surface area contributed by atoms with Crippen LogP contribution in [-0.4, -0.2) is 61.1 Å². The van der Waals surface area contributed by atoms with Gasteiger partial charge < -0.3 is 19.7 Å². The predicted molar refractivity (Wildman–Crippen MR) is 136 cm³/mol. The normalized spacial score (nSPS) is 15.5. The topological polar surface area (TPSA) is 92.8 Å². The van der Waals surface area contributed by atoms with Crippen molar-refractivity contribution in [3.8, 4) is 0 Å². The lowest BCUT2D eigenvalue weighted by atomic mass is 9.88. The fourth-order valence-corrected chi connectivity index (χ4v) is 4.42. The smallest absolute Gasteiger partial charge is 0.223 e. The van der Waals surface area contributed by atoms with Crippen molar-refractivity contribution in [2.24, 2.45) is 11.8 Å². The molecule has 35 heavy (non-hydrogen) atoms. The average molecular weight is 487 g/mol. The van der Waals surface area contributed by atoms with Gasteiger partial charge in [-0.15, -0.1) is 0 Å². The van der Waals surface area contributed by atoms with E-state index in [1.807, 2.05) is 49.1 Å². The van der Waals surface area contributed by atoms with Crippen molar-refractivity contribution in [3.05, 3.63) is 35.9 Å². The van der Waals surface area contributed by atoms with E-state index in [1.165, 1.54) is 0 Å². The lowest BCUT2D eigenvalue weighted by molar-refractivity contribution is -0.135. The van der Waals surface area contributed by atoms with Crippen molar-refractivity contribution in [2.45, 2.75) is 77.7 Å². The highest BCUT2D eigenvalue weighted by molar-refractivity contribution is 5.83. The van der Waals surface area contributed by atoms with E-state index in [4.69, 9.17) is 4.74 Å².